The van der Waals surface area contributed by atoms with Gasteiger partial charge >= 0.3 is 0 Å². The topological polar surface area (TPSA) is 24.5 Å². The Morgan fingerprint density at radius 2 is 2.14 bits per heavy atom. The first-order valence-electron chi connectivity index (χ1n) is 8.01. The van der Waals surface area contributed by atoms with E-state index in [9.17, 15) is 0 Å². The fourth-order valence-electron chi connectivity index (χ4n) is 2.83. The number of benzene rings is 1. The molecular formula is C17H28N2OS. The smallest absolute Gasteiger partial charge is 0.0587 e. The number of piperidine rings is 1. The Morgan fingerprint density at radius 3 is 2.95 bits per heavy atom. The van der Waals surface area contributed by atoms with Gasteiger partial charge < -0.3 is 10.1 Å². The van der Waals surface area contributed by atoms with Crippen molar-refractivity contribution in [1.29, 1.82) is 0 Å². The summed E-state index contributed by atoms with van der Waals surface area (Å²) >= 11 is 1.97. The van der Waals surface area contributed by atoms with Crippen LogP contribution in [-0.2, 0) is 4.74 Å². The van der Waals surface area contributed by atoms with Crippen LogP contribution in [0.15, 0.2) is 35.2 Å². The van der Waals surface area contributed by atoms with Crippen molar-refractivity contribution in [3.63, 3.8) is 0 Å². The van der Waals surface area contributed by atoms with Crippen molar-refractivity contribution < 1.29 is 4.74 Å². The van der Waals surface area contributed by atoms with Gasteiger partial charge in [0.2, 0.25) is 0 Å². The summed E-state index contributed by atoms with van der Waals surface area (Å²) in [6, 6.07) is 11.4. The molecule has 0 aromatic heterocycles. The lowest BCUT2D eigenvalue weighted by Gasteiger charge is -2.35. The molecule has 1 saturated heterocycles. The maximum Gasteiger partial charge on any atom is 0.0587 e. The van der Waals surface area contributed by atoms with Crippen molar-refractivity contribution in [2.24, 2.45) is 0 Å². The van der Waals surface area contributed by atoms with Gasteiger partial charge in [0.25, 0.3) is 0 Å². The predicted molar refractivity (Wildman–Crippen MR) is 91.1 cm³/mol. The van der Waals surface area contributed by atoms with E-state index < -0.39 is 0 Å². The molecule has 1 N–H and O–H groups in total. The Bertz CT molecular complexity index is 374. The van der Waals surface area contributed by atoms with E-state index in [0.717, 1.165) is 19.7 Å². The van der Waals surface area contributed by atoms with Crippen LogP contribution in [0.2, 0.25) is 0 Å². The molecule has 3 nitrogen and oxygen atoms in total. The Balaban J connectivity index is 1.68. The van der Waals surface area contributed by atoms with Crippen molar-refractivity contribution in [2.75, 3.05) is 45.6 Å². The summed E-state index contributed by atoms with van der Waals surface area (Å²) < 4.78 is 5.09. The summed E-state index contributed by atoms with van der Waals surface area (Å²) in [5, 5.41) is 3.52. The number of nitrogens with one attached hydrogen (secondary N) is 1. The van der Waals surface area contributed by atoms with Crippen LogP contribution in [0.3, 0.4) is 0 Å². The Hall–Kier alpha value is -0.550. The molecule has 1 atom stereocenters. The van der Waals surface area contributed by atoms with Crippen LogP contribution in [-0.4, -0.2) is 56.6 Å². The van der Waals surface area contributed by atoms with Crippen LogP contribution in [0, 0.1) is 0 Å². The van der Waals surface area contributed by atoms with Gasteiger partial charge in [0, 0.05) is 43.4 Å². The molecule has 0 amide bonds. The highest BCUT2D eigenvalue weighted by Crippen LogP contribution is 2.20. The first-order chi connectivity index (χ1) is 10.4. The number of thioether (sulfide) groups is 1. The zero-order chi connectivity index (χ0) is 14.8. The van der Waals surface area contributed by atoms with E-state index in [2.05, 4.69) is 40.5 Å². The lowest BCUT2D eigenvalue weighted by Crippen LogP contribution is -2.46. The lowest BCUT2D eigenvalue weighted by molar-refractivity contribution is 0.148. The molecule has 1 aromatic rings. The minimum Gasteiger partial charge on any atom is -0.383 e. The number of nitrogens with zero attached hydrogens (tertiary/aromatic N) is 1. The Morgan fingerprint density at radius 1 is 1.29 bits per heavy atom. The maximum atomic E-state index is 5.09. The molecule has 4 heteroatoms. The van der Waals surface area contributed by atoms with E-state index in [1.807, 2.05) is 11.8 Å². The highest BCUT2D eigenvalue weighted by atomic mass is 32.2. The summed E-state index contributed by atoms with van der Waals surface area (Å²) in [7, 11) is 1.76. The molecule has 0 spiro atoms. The molecule has 1 aliphatic heterocycles. The number of methoxy groups -OCH3 is 1. The van der Waals surface area contributed by atoms with Crippen molar-refractivity contribution in [2.45, 2.75) is 30.2 Å². The van der Waals surface area contributed by atoms with Gasteiger partial charge in [0.05, 0.1) is 6.61 Å². The Kier molecular flexibility index (Phi) is 8.18. The van der Waals surface area contributed by atoms with Gasteiger partial charge in [-0.05, 0) is 31.5 Å². The number of hydrogen-bond acceptors (Lipinski definition) is 4. The third-order valence-electron chi connectivity index (χ3n) is 4.00. The molecular weight excluding hydrogens is 280 g/mol. The summed E-state index contributed by atoms with van der Waals surface area (Å²) in [6.45, 7) is 5.30. The summed E-state index contributed by atoms with van der Waals surface area (Å²) in [5.74, 6) is 1.18. The van der Waals surface area contributed by atoms with E-state index in [1.165, 1.54) is 43.0 Å². The predicted octanol–water partition coefficient (Wildman–Crippen LogP) is 2.87. The van der Waals surface area contributed by atoms with E-state index in [0.29, 0.717) is 6.04 Å². The van der Waals surface area contributed by atoms with Crippen LogP contribution < -0.4 is 5.32 Å². The zero-order valence-electron chi connectivity index (χ0n) is 13.1. The van der Waals surface area contributed by atoms with Crippen molar-refractivity contribution in [3.8, 4) is 0 Å². The van der Waals surface area contributed by atoms with Gasteiger partial charge in [-0.25, -0.2) is 0 Å². The van der Waals surface area contributed by atoms with Crippen molar-refractivity contribution in [3.05, 3.63) is 30.3 Å². The minimum absolute atomic E-state index is 0.701. The van der Waals surface area contributed by atoms with Gasteiger partial charge in [-0.15, -0.1) is 11.8 Å². The summed E-state index contributed by atoms with van der Waals surface area (Å²) in [6.07, 6.45) is 4.06. The van der Waals surface area contributed by atoms with E-state index in [-0.39, 0.29) is 0 Å². The van der Waals surface area contributed by atoms with Gasteiger partial charge in [-0.3, -0.25) is 4.90 Å². The van der Waals surface area contributed by atoms with E-state index >= 15 is 0 Å². The van der Waals surface area contributed by atoms with Crippen molar-refractivity contribution in [1.82, 2.24) is 10.2 Å². The van der Waals surface area contributed by atoms with E-state index in [1.54, 1.807) is 7.11 Å². The van der Waals surface area contributed by atoms with Crippen LogP contribution in [0.5, 0.6) is 0 Å². The fourth-order valence-corrected chi connectivity index (χ4v) is 3.74. The second-order valence-electron chi connectivity index (χ2n) is 5.54. The molecule has 118 valence electrons. The monoisotopic (exact) mass is 308 g/mol. The van der Waals surface area contributed by atoms with Crippen LogP contribution in [0.4, 0.5) is 0 Å². The quantitative estimate of drug-likeness (QED) is 0.560. The van der Waals surface area contributed by atoms with Crippen LogP contribution in [0.25, 0.3) is 0 Å². The average Bonchev–Trinajstić information content (AvgIpc) is 2.54. The highest BCUT2D eigenvalue weighted by molar-refractivity contribution is 7.99. The van der Waals surface area contributed by atoms with Gasteiger partial charge in [-0.2, -0.15) is 0 Å². The second-order valence-corrected chi connectivity index (χ2v) is 6.71. The molecule has 1 unspecified atom stereocenters. The molecule has 1 heterocycles. The Labute approximate surface area is 133 Å². The molecule has 0 bridgehead atoms. The third-order valence-corrected chi connectivity index (χ3v) is 4.99. The molecule has 2 rings (SSSR count). The minimum atomic E-state index is 0.701. The number of likely N-dealkylation sites (tertiary alicyclic amines) is 1. The normalized spacial score (nSPS) is 19.8. The van der Waals surface area contributed by atoms with Crippen molar-refractivity contribution >= 4 is 11.8 Å². The molecule has 0 saturated carbocycles. The molecule has 1 fully saturated rings. The maximum absolute atomic E-state index is 5.09. The van der Waals surface area contributed by atoms with Crippen LogP contribution in [0.1, 0.15) is 19.3 Å². The molecule has 0 radical (unpaired) electrons. The fraction of sp³-hybridized carbons (Fsp3) is 0.647. The number of rotatable bonds is 9. The average molecular weight is 308 g/mol. The molecule has 1 aromatic carbocycles. The summed E-state index contributed by atoms with van der Waals surface area (Å²) in [5.41, 5.74) is 0. The largest absolute Gasteiger partial charge is 0.383 e. The first-order valence-corrected chi connectivity index (χ1v) is 9.00. The molecule has 1 aliphatic rings. The first kappa shape index (κ1) is 16.8. The second kappa shape index (κ2) is 10.2. The lowest BCUT2D eigenvalue weighted by atomic mass is 10.0. The van der Waals surface area contributed by atoms with Gasteiger partial charge in [-0.1, -0.05) is 24.6 Å². The molecule has 0 aliphatic carbocycles. The third kappa shape index (κ3) is 6.39. The SMILES string of the molecule is COCCNCC1CCCCN1CCSc1ccccc1. The number of ether oxygens (including phenoxy) is 1. The van der Waals surface area contributed by atoms with Gasteiger partial charge in [0.1, 0.15) is 0 Å². The standard InChI is InChI=1S/C17H28N2OS/c1-20-13-10-18-15-16-7-5-6-11-19(16)12-14-21-17-8-3-2-4-9-17/h2-4,8-9,16,18H,5-7,10-15H2,1H3. The van der Waals surface area contributed by atoms with E-state index in [4.69, 9.17) is 4.74 Å². The molecule has 21 heavy (non-hydrogen) atoms. The van der Waals surface area contributed by atoms with Crippen LogP contribution >= 0.6 is 11.8 Å². The highest BCUT2D eigenvalue weighted by Gasteiger charge is 2.21. The summed E-state index contributed by atoms with van der Waals surface area (Å²) in [4.78, 5) is 4.04. The zero-order valence-corrected chi connectivity index (χ0v) is 13.9. The van der Waals surface area contributed by atoms with Gasteiger partial charge in [0.15, 0.2) is 0 Å². The number of hydrogen-bond donors (Lipinski definition) is 1.